The van der Waals surface area contributed by atoms with Crippen LogP contribution in [0.15, 0.2) is 24.3 Å². The van der Waals surface area contributed by atoms with Gasteiger partial charge < -0.3 is 10.8 Å². The van der Waals surface area contributed by atoms with Crippen LogP contribution in [0.3, 0.4) is 0 Å². The number of anilines is 1. The molecule has 0 bridgehead atoms. The van der Waals surface area contributed by atoms with E-state index in [9.17, 15) is 0 Å². The zero-order valence-electron chi connectivity index (χ0n) is 6.53. The van der Waals surface area contributed by atoms with E-state index in [1.165, 1.54) is 0 Å². The van der Waals surface area contributed by atoms with Crippen LogP contribution in [-0.4, -0.2) is 31.9 Å². The molecule has 0 atom stereocenters. The molecule has 7 heteroatoms. The fourth-order valence-corrected chi connectivity index (χ4v) is 0.488. The molecular formula is C6H10AsNO5. The van der Waals surface area contributed by atoms with Gasteiger partial charge in [0.2, 0.25) is 0 Å². The van der Waals surface area contributed by atoms with Crippen molar-refractivity contribution < 1.29 is 21.1 Å². The van der Waals surface area contributed by atoms with E-state index < -0.39 is 14.5 Å². The first-order valence-corrected chi connectivity index (χ1v) is 6.41. The van der Waals surface area contributed by atoms with E-state index in [1.807, 2.05) is 0 Å². The van der Waals surface area contributed by atoms with Crippen LogP contribution in [0.4, 0.5) is 5.69 Å². The summed E-state index contributed by atoms with van der Waals surface area (Å²) < 4.78 is 30.7. The fraction of sp³-hybridized carbons (Fsp3) is 0. The maximum atomic E-state index is 8.94. The number of phenols is 1. The van der Waals surface area contributed by atoms with E-state index in [0.29, 0.717) is 5.69 Å². The van der Waals surface area contributed by atoms with Crippen molar-refractivity contribution in [2.75, 3.05) is 5.73 Å². The van der Waals surface area contributed by atoms with Gasteiger partial charge in [0.1, 0.15) is 5.75 Å². The molecule has 0 saturated carbocycles. The van der Waals surface area contributed by atoms with Gasteiger partial charge in [-0.25, -0.2) is 0 Å². The van der Waals surface area contributed by atoms with Crippen LogP contribution in [0.5, 0.6) is 5.75 Å². The standard InChI is InChI=1S/C6H7NO.AsH3O4/c7-5-3-1-2-4-6(5)8;2-1(3,4)5/h1-4,8H,7H2;(H3,2,3,4,5). The van der Waals surface area contributed by atoms with E-state index in [-0.39, 0.29) is 5.75 Å². The van der Waals surface area contributed by atoms with Crippen molar-refractivity contribution in [3.63, 3.8) is 0 Å². The second kappa shape index (κ2) is 4.93. The molecule has 1 aromatic carbocycles. The van der Waals surface area contributed by atoms with Crippen molar-refractivity contribution in [1.29, 1.82) is 0 Å². The van der Waals surface area contributed by atoms with Crippen LogP contribution in [-0.2, 0) is 3.74 Å². The summed E-state index contributed by atoms with van der Waals surface area (Å²) in [5, 5.41) is 8.79. The van der Waals surface area contributed by atoms with Crippen molar-refractivity contribution in [3.05, 3.63) is 24.3 Å². The molecule has 0 saturated heterocycles. The number of benzene rings is 1. The van der Waals surface area contributed by atoms with E-state index in [1.54, 1.807) is 24.3 Å². The summed E-state index contributed by atoms with van der Waals surface area (Å²) in [4.78, 5) is 0. The number of hydrogen-bond acceptors (Lipinski definition) is 3. The Balaban J connectivity index is 0.000000252. The van der Waals surface area contributed by atoms with Gasteiger partial charge in [-0.15, -0.1) is 0 Å². The number of hydrogen-bond donors (Lipinski definition) is 5. The number of nitrogens with two attached hydrogens (primary N) is 1. The van der Waals surface area contributed by atoms with E-state index in [0.717, 1.165) is 0 Å². The summed E-state index contributed by atoms with van der Waals surface area (Å²) in [5.41, 5.74) is 5.69. The monoisotopic (exact) mass is 251 g/mol. The Labute approximate surface area is 77.6 Å². The van der Waals surface area contributed by atoms with E-state index >= 15 is 0 Å². The van der Waals surface area contributed by atoms with Crippen LogP contribution in [0.1, 0.15) is 0 Å². The molecule has 0 aliphatic heterocycles. The first-order valence-electron chi connectivity index (χ1n) is 3.12. The summed E-state index contributed by atoms with van der Waals surface area (Å²) in [6.07, 6.45) is 0. The average Bonchev–Trinajstić information content (AvgIpc) is 1.92. The van der Waals surface area contributed by atoms with Gasteiger partial charge in [-0.2, -0.15) is 0 Å². The number of rotatable bonds is 0. The van der Waals surface area contributed by atoms with E-state index in [2.05, 4.69) is 0 Å². The van der Waals surface area contributed by atoms with Crippen LogP contribution >= 0.6 is 0 Å². The third kappa shape index (κ3) is 8.97. The van der Waals surface area contributed by atoms with Gasteiger partial charge >= 0.3 is 30.5 Å². The molecule has 0 aliphatic carbocycles. The maximum absolute atomic E-state index is 8.94. The third-order valence-electron chi connectivity index (χ3n) is 0.937. The summed E-state index contributed by atoms with van der Waals surface area (Å²) in [5.74, 6) is 0.146. The van der Waals surface area contributed by atoms with Gasteiger partial charge in [-0.1, -0.05) is 12.1 Å². The molecule has 0 radical (unpaired) electrons. The summed E-state index contributed by atoms with van der Waals surface area (Å²) in [6.45, 7) is 0. The topological polar surface area (TPSA) is 124 Å². The van der Waals surface area contributed by atoms with Crippen LogP contribution in [0.25, 0.3) is 0 Å². The van der Waals surface area contributed by atoms with Crippen molar-refractivity contribution in [2.24, 2.45) is 0 Å². The SMILES string of the molecule is Nc1ccccc1O.O=[As](O)(O)O. The number of aromatic hydroxyl groups is 1. The van der Waals surface area contributed by atoms with Gasteiger partial charge in [0.05, 0.1) is 5.69 Å². The molecule has 13 heavy (non-hydrogen) atoms. The molecule has 1 aromatic rings. The average molecular weight is 251 g/mol. The second-order valence-electron chi connectivity index (χ2n) is 2.07. The van der Waals surface area contributed by atoms with Gasteiger partial charge in [-0.3, -0.25) is 0 Å². The van der Waals surface area contributed by atoms with Crippen molar-refractivity contribution in [2.45, 2.75) is 0 Å². The molecule has 1 rings (SSSR count). The predicted molar refractivity (Wildman–Crippen MR) is 45.6 cm³/mol. The van der Waals surface area contributed by atoms with Gasteiger partial charge in [0, 0.05) is 0 Å². The molecule has 0 fully saturated rings. The number of para-hydroxylation sites is 2. The Kier molecular flexibility index (Phi) is 4.58. The molecule has 0 amide bonds. The van der Waals surface area contributed by atoms with Crippen molar-refractivity contribution in [1.82, 2.24) is 0 Å². The molecule has 6 nitrogen and oxygen atoms in total. The minimum atomic E-state index is -5.12. The van der Waals surface area contributed by atoms with Crippen LogP contribution < -0.4 is 5.73 Å². The molecule has 0 spiro atoms. The molecule has 0 heterocycles. The van der Waals surface area contributed by atoms with Crippen molar-refractivity contribution >= 4 is 20.2 Å². The molecule has 0 aliphatic rings. The molecular weight excluding hydrogens is 241 g/mol. The Hall–Kier alpha value is -0.942. The third-order valence-corrected chi connectivity index (χ3v) is 0.937. The number of nitrogen functional groups attached to an aromatic ring is 1. The normalized spacial score (nSPS) is 10.1. The first-order chi connectivity index (χ1) is 5.80. The van der Waals surface area contributed by atoms with Gasteiger partial charge in [0.15, 0.2) is 0 Å². The Bertz CT molecular complexity index is 280. The van der Waals surface area contributed by atoms with Crippen LogP contribution in [0.2, 0.25) is 0 Å². The first kappa shape index (κ1) is 12.1. The Morgan fingerprint density at radius 3 is 1.77 bits per heavy atom. The molecule has 6 N–H and O–H groups in total. The van der Waals surface area contributed by atoms with Gasteiger partial charge in [0.25, 0.3) is 0 Å². The molecule has 0 unspecified atom stereocenters. The van der Waals surface area contributed by atoms with Gasteiger partial charge in [-0.05, 0) is 12.1 Å². The Morgan fingerprint density at radius 1 is 1.15 bits per heavy atom. The zero-order chi connectivity index (χ0) is 10.5. The molecule has 0 aromatic heterocycles. The Morgan fingerprint density at radius 2 is 1.54 bits per heavy atom. The summed E-state index contributed by atoms with van der Waals surface area (Å²) in [6, 6.07) is 6.70. The van der Waals surface area contributed by atoms with Crippen molar-refractivity contribution in [3.8, 4) is 5.75 Å². The molecule has 74 valence electrons. The predicted octanol–water partition coefficient (Wildman–Crippen LogP) is -1.20. The summed E-state index contributed by atoms with van der Waals surface area (Å²) in [7, 11) is 0. The fourth-order valence-electron chi connectivity index (χ4n) is 0.488. The summed E-state index contributed by atoms with van der Waals surface area (Å²) >= 11 is -5.12. The number of phenolic OH excluding ortho intramolecular Hbond substituents is 1. The second-order valence-corrected chi connectivity index (χ2v) is 4.23. The van der Waals surface area contributed by atoms with E-state index in [4.69, 9.17) is 26.9 Å². The van der Waals surface area contributed by atoms with Crippen LogP contribution in [0, 0.1) is 0 Å². The quantitative estimate of drug-likeness (QED) is 0.224. The minimum absolute atomic E-state index is 0.146. The zero-order valence-corrected chi connectivity index (χ0v) is 8.41.